The maximum atomic E-state index is 13.3. The summed E-state index contributed by atoms with van der Waals surface area (Å²) in [6.45, 7) is 2.20. The standard InChI is InChI=1S/C22H36F2O3/c1-4-5-6-7-8-9-13-19(22(25,26-2)27-3)14-11-10-12-18-15-20(23)17-21(24)16-18/h15-17,19,25H,4-14H2,1-3H3. The summed E-state index contributed by atoms with van der Waals surface area (Å²) in [5.41, 5.74) is 0.661. The SMILES string of the molecule is CCCCCCCCC(CCCCc1cc(F)cc(F)c1)C(O)(OC)OC. The van der Waals surface area contributed by atoms with Gasteiger partial charge in [-0.25, -0.2) is 8.78 Å². The smallest absolute Gasteiger partial charge is 0.282 e. The Morgan fingerprint density at radius 1 is 0.852 bits per heavy atom. The molecule has 0 saturated carbocycles. The topological polar surface area (TPSA) is 38.7 Å². The fraction of sp³-hybridized carbons (Fsp3) is 0.727. The number of aliphatic hydroxyl groups is 1. The molecule has 0 radical (unpaired) electrons. The highest BCUT2D eigenvalue weighted by atomic mass is 19.1. The van der Waals surface area contributed by atoms with Crippen LogP contribution in [-0.4, -0.2) is 25.3 Å². The van der Waals surface area contributed by atoms with Crippen molar-refractivity contribution < 1.29 is 23.4 Å². The number of hydrogen-bond acceptors (Lipinski definition) is 3. The Balaban J connectivity index is 2.45. The summed E-state index contributed by atoms with van der Waals surface area (Å²) in [4.78, 5) is 0. The van der Waals surface area contributed by atoms with Crippen LogP contribution in [0.2, 0.25) is 0 Å². The Hall–Kier alpha value is -1.04. The summed E-state index contributed by atoms with van der Waals surface area (Å²) in [5, 5.41) is 10.6. The number of halogens is 2. The van der Waals surface area contributed by atoms with E-state index in [1.807, 2.05) is 0 Å². The van der Waals surface area contributed by atoms with Gasteiger partial charge in [-0.3, -0.25) is 0 Å². The summed E-state index contributed by atoms with van der Waals surface area (Å²) in [6.07, 6.45) is 10.9. The van der Waals surface area contributed by atoms with E-state index in [9.17, 15) is 13.9 Å². The molecule has 0 saturated heterocycles. The number of rotatable bonds is 15. The molecule has 0 heterocycles. The number of ether oxygens (including phenoxy) is 2. The van der Waals surface area contributed by atoms with Crippen molar-refractivity contribution in [2.45, 2.75) is 83.5 Å². The molecule has 0 spiro atoms. The van der Waals surface area contributed by atoms with E-state index in [1.165, 1.54) is 52.0 Å². The fourth-order valence-electron chi connectivity index (χ4n) is 3.57. The molecule has 0 bridgehead atoms. The zero-order valence-electron chi connectivity index (χ0n) is 17.1. The molecule has 1 atom stereocenters. The van der Waals surface area contributed by atoms with Crippen LogP contribution in [0.3, 0.4) is 0 Å². The van der Waals surface area contributed by atoms with Gasteiger partial charge in [-0.15, -0.1) is 0 Å². The normalized spacial score (nSPS) is 13.1. The van der Waals surface area contributed by atoms with Crippen molar-refractivity contribution in [3.05, 3.63) is 35.4 Å². The maximum absolute atomic E-state index is 13.3. The predicted octanol–water partition coefficient (Wildman–Crippen LogP) is 5.98. The second-order valence-corrected chi connectivity index (χ2v) is 7.32. The quantitative estimate of drug-likeness (QED) is 0.297. The molecule has 0 fully saturated rings. The van der Waals surface area contributed by atoms with E-state index < -0.39 is 17.6 Å². The molecule has 156 valence electrons. The number of unbranched alkanes of at least 4 members (excludes halogenated alkanes) is 6. The van der Waals surface area contributed by atoms with Gasteiger partial charge < -0.3 is 14.6 Å². The first kappa shape index (κ1) is 24.0. The van der Waals surface area contributed by atoms with Gasteiger partial charge in [-0.05, 0) is 43.4 Å². The molecule has 0 amide bonds. The van der Waals surface area contributed by atoms with E-state index in [2.05, 4.69) is 6.92 Å². The highest BCUT2D eigenvalue weighted by Gasteiger charge is 2.36. The van der Waals surface area contributed by atoms with Crippen molar-refractivity contribution in [2.24, 2.45) is 5.92 Å². The molecule has 0 aliphatic rings. The number of methoxy groups -OCH3 is 2. The molecule has 0 aromatic heterocycles. The van der Waals surface area contributed by atoms with E-state index in [1.54, 1.807) is 0 Å². The van der Waals surface area contributed by atoms with Gasteiger partial charge in [0, 0.05) is 26.2 Å². The van der Waals surface area contributed by atoms with E-state index in [4.69, 9.17) is 9.47 Å². The zero-order valence-corrected chi connectivity index (χ0v) is 17.1. The number of hydrogen-bond donors (Lipinski definition) is 1. The second kappa shape index (κ2) is 13.2. The number of aryl methyl sites for hydroxylation is 1. The van der Waals surface area contributed by atoms with Gasteiger partial charge in [-0.1, -0.05) is 51.9 Å². The van der Waals surface area contributed by atoms with Crippen LogP contribution in [0.15, 0.2) is 18.2 Å². The van der Waals surface area contributed by atoms with E-state index in [-0.39, 0.29) is 5.92 Å². The van der Waals surface area contributed by atoms with Gasteiger partial charge in [-0.2, -0.15) is 0 Å². The van der Waals surface area contributed by atoms with Crippen LogP contribution < -0.4 is 0 Å². The molecule has 1 rings (SSSR count). The Labute approximate surface area is 163 Å². The fourth-order valence-corrected chi connectivity index (χ4v) is 3.57. The Morgan fingerprint density at radius 2 is 1.37 bits per heavy atom. The van der Waals surface area contributed by atoms with Crippen LogP contribution >= 0.6 is 0 Å². The highest BCUT2D eigenvalue weighted by Crippen LogP contribution is 2.30. The summed E-state index contributed by atoms with van der Waals surface area (Å²) in [6, 6.07) is 3.63. The molecular formula is C22H36F2O3. The summed E-state index contributed by atoms with van der Waals surface area (Å²) >= 11 is 0. The van der Waals surface area contributed by atoms with Crippen LogP contribution in [0.4, 0.5) is 8.78 Å². The van der Waals surface area contributed by atoms with Gasteiger partial charge >= 0.3 is 0 Å². The molecule has 1 unspecified atom stereocenters. The van der Waals surface area contributed by atoms with Crippen molar-refractivity contribution in [1.29, 1.82) is 0 Å². The lowest BCUT2D eigenvalue weighted by Gasteiger charge is -2.33. The van der Waals surface area contributed by atoms with Crippen LogP contribution in [-0.2, 0) is 15.9 Å². The highest BCUT2D eigenvalue weighted by molar-refractivity contribution is 5.17. The van der Waals surface area contributed by atoms with Crippen molar-refractivity contribution in [3.8, 4) is 0 Å². The molecule has 0 aliphatic carbocycles. The average molecular weight is 387 g/mol. The summed E-state index contributed by atoms with van der Waals surface area (Å²) in [7, 11) is 2.90. The largest absolute Gasteiger partial charge is 0.343 e. The van der Waals surface area contributed by atoms with Crippen LogP contribution in [0, 0.1) is 17.6 Å². The van der Waals surface area contributed by atoms with Gasteiger partial charge in [0.25, 0.3) is 5.97 Å². The Bertz CT molecular complexity index is 498. The first-order valence-electron chi connectivity index (χ1n) is 10.2. The summed E-state index contributed by atoms with van der Waals surface area (Å²) < 4.78 is 37.0. The minimum Gasteiger partial charge on any atom is -0.343 e. The molecule has 5 heteroatoms. The summed E-state index contributed by atoms with van der Waals surface area (Å²) in [5.74, 6) is -2.78. The molecule has 1 aromatic carbocycles. The predicted molar refractivity (Wildman–Crippen MR) is 104 cm³/mol. The monoisotopic (exact) mass is 386 g/mol. The Kier molecular flexibility index (Phi) is 11.7. The minimum atomic E-state index is -1.58. The molecule has 1 aromatic rings. The van der Waals surface area contributed by atoms with Crippen LogP contribution in [0.1, 0.15) is 76.7 Å². The van der Waals surface area contributed by atoms with Gasteiger partial charge in [0.2, 0.25) is 0 Å². The van der Waals surface area contributed by atoms with Crippen molar-refractivity contribution in [1.82, 2.24) is 0 Å². The van der Waals surface area contributed by atoms with Gasteiger partial charge in [0.15, 0.2) is 0 Å². The van der Waals surface area contributed by atoms with E-state index >= 15 is 0 Å². The Morgan fingerprint density at radius 3 is 1.93 bits per heavy atom. The third-order valence-corrected chi connectivity index (χ3v) is 5.20. The third kappa shape index (κ3) is 9.13. The van der Waals surface area contributed by atoms with Gasteiger partial charge in [0.1, 0.15) is 11.6 Å². The first-order chi connectivity index (χ1) is 12.9. The first-order valence-corrected chi connectivity index (χ1v) is 10.2. The third-order valence-electron chi connectivity index (χ3n) is 5.20. The van der Waals surface area contributed by atoms with Crippen LogP contribution in [0.5, 0.6) is 0 Å². The lowest BCUT2D eigenvalue weighted by molar-refractivity contribution is -0.369. The molecule has 3 nitrogen and oxygen atoms in total. The molecular weight excluding hydrogens is 350 g/mol. The van der Waals surface area contributed by atoms with Gasteiger partial charge in [0.05, 0.1) is 0 Å². The molecule has 1 N–H and O–H groups in total. The van der Waals surface area contributed by atoms with E-state index in [0.29, 0.717) is 12.0 Å². The average Bonchev–Trinajstić information content (AvgIpc) is 2.64. The maximum Gasteiger partial charge on any atom is 0.282 e. The van der Waals surface area contributed by atoms with E-state index in [0.717, 1.165) is 44.6 Å². The van der Waals surface area contributed by atoms with Crippen molar-refractivity contribution in [3.63, 3.8) is 0 Å². The lowest BCUT2D eigenvalue weighted by Crippen LogP contribution is -2.42. The van der Waals surface area contributed by atoms with Crippen LogP contribution in [0.25, 0.3) is 0 Å². The van der Waals surface area contributed by atoms with Crippen molar-refractivity contribution >= 4 is 0 Å². The lowest BCUT2D eigenvalue weighted by atomic mass is 9.91. The second-order valence-electron chi connectivity index (χ2n) is 7.32. The number of benzene rings is 1. The van der Waals surface area contributed by atoms with Crippen molar-refractivity contribution in [2.75, 3.05) is 14.2 Å². The zero-order chi connectivity index (χ0) is 20.1. The molecule has 0 aliphatic heterocycles. The minimum absolute atomic E-state index is 0.122. The molecule has 27 heavy (non-hydrogen) atoms.